The van der Waals surface area contributed by atoms with Crippen LogP contribution in [0.3, 0.4) is 0 Å². The van der Waals surface area contributed by atoms with Crippen LogP contribution in [0.5, 0.6) is 0 Å². The molecule has 1 heteroatoms. The first-order valence-corrected chi connectivity index (χ1v) is 4.66. The lowest BCUT2D eigenvalue weighted by atomic mass is 10.1. The van der Waals surface area contributed by atoms with E-state index in [2.05, 4.69) is 30.3 Å². The molecule has 0 unspecified atom stereocenters. The highest BCUT2D eigenvalue weighted by Crippen LogP contribution is 2.32. The molecular weight excluding hydrogens is 146 g/mol. The van der Waals surface area contributed by atoms with Crippen molar-refractivity contribution in [3.05, 3.63) is 35.9 Å². The van der Waals surface area contributed by atoms with Crippen molar-refractivity contribution in [1.82, 2.24) is 0 Å². The highest BCUT2D eigenvalue weighted by Gasteiger charge is 2.32. The van der Waals surface area contributed by atoms with Crippen molar-refractivity contribution >= 4 is 0 Å². The summed E-state index contributed by atoms with van der Waals surface area (Å²) in [6.07, 6.45) is 3.71. The summed E-state index contributed by atoms with van der Waals surface area (Å²) in [7, 11) is 0. The molecule has 1 nitrogen and oxygen atoms in total. The Morgan fingerprint density at radius 1 is 1.25 bits per heavy atom. The van der Waals surface area contributed by atoms with Gasteiger partial charge in [0.1, 0.15) is 0 Å². The molecule has 2 N–H and O–H groups in total. The molecule has 1 aromatic carbocycles. The van der Waals surface area contributed by atoms with Gasteiger partial charge in [0, 0.05) is 6.04 Å². The molecule has 0 spiro atoms. The fourth-order valence-electron chi connectivity index (χ4n) is 1.60. The third-order valence-electron chi connectivity index (χ3n) is 2.62. The van der Waals surface area contributed by atoms with Gasteiger partial charge in [-0.2, -0.15) is 0 Å². The van der Waals surface area contributed by atoms with Gasteiger partial charge in [0.05, 0.1) is 0 Å². The Morgan fingerprint density at radius 2 is 1.92 bits per heavy atom. The van der Waals surface area contributed by atoms with Gasteiger partial charge in [0.2, 0.25) is 0 Å². The van der Waals surface area contributed by atoms with Crippen molar-refractivity contribution in [2.75, 3.05) is 0 Å². The Morgan fingerprint density at radius 3 is 2.50 bits per heavy atom. The summed E-state index contributed by atoms with van der Waals surface area (Å²) >= 11 is 0. The molecule has 1 saturated carbocycles. The van der Waals surface area contributed by atoms with Crippen molar-refractivity contribution in [3.8, 4) is 0 Å². The van der Waals surface area contributed by atoms with Crippen molar-refractivity contribution < 1.29 is 0 Å². The molecule has 1 fully saturated rings. The second-order valence-corrected chi connectivity index (χ2v) is 3.68. The molecule has 1 aliphatic rings. The maximum absolute atomic E-state index is 5.73. The van der Waals surface area contributed by atoms with Gasteiger partial charge in [-0.25, -0.2) is 0 Å². The van der Waals surface area contributed by atoms with Crippen molar-refractivity contribution in [3.63, 3.8) is 0 Å². The van der Waals surface area contributed by atoms with Gasteiger partial charge in [-0.05, 0) is 30.7 Å². The van der Waals surface area contributed by atoms with Crippen molar-refractivity contribution in [2.24, 2.45) is 11.7 Å². The van der Waals surface area contributed by atoms with Crippen LogP contribution in [0, 0.1) is 5.92 Å². The number of rotatable bonds is 3. The summed E-state index contributed by atoms with van der Waals surface area (Å²) in [5.41, 5.74) is 7.17. The smallest absolute Gasteiger partial charge is 0.00710 e. The summed E-state index contributed by atoms with van der Waals surface area (Å²) in [4.78, 5) is 0. The van der Waals surface area contributed by atoms with Crippen molar-refractivity contribution in [1.29, 1.82) is 0 Å². The lowest BCUT2D eigenvalue weighted by molar-refractivity contribution is 0.699. The third kappa shape index (κ3) is 1.86. The predicted molar refractivity (Wildman–Crippen MR) is 50.8 cm³/mol. The normalized spacial score (nSPS) is 27.1. The van der Waals surface area contributed by atoms with E-state index in [1.165, 1.54) is 24.8 Å². The summed E-state index contributed by atoms with van der Waals surface area (Å²) in [5.74, 6) is 0.810. The lowest BCUT2D eigenvalue weighted by Gasteiger charge is -1.98. The second kappa shape index (κ2) is 3.28. The summed E-state index contributed by atoms with van der Waals surface area (Å²) < 4.78 is 0. The molecule has 2 rings (SSSR count). The highest BCUT2D eigenvalue weighted by molar-refractivity contribution is 5.15. The zero-order chi connectivity index (χ0) is 8.39. The molecule has 0 saturated heterocycles. The second-order valence-electron chi connectivity index (χ2n) is 3.68. The zero-order valence-electron chi connectivity index (χ0n) is 7.24. The molecular formula is C11H15N. The van der Waals surface area contributed by atoms with E-state index in [4.69, 9.17) is 5.73 Å². The Kier molecular flexibility index (Phi) is 2.13. The first-order valence-electron chi connectivity index (χ1n) is 4.66. The summed E-state index contributed by atoms with van der Waals surface area (Å²) in [6.45, 7) is 0. The average molecular weight is 161 g/mol. The molecule has 2 atom stereocenters. The van der Waals surface area contributed by atoms with E-state index in [1.54, 1.807) is 0 Å². The number of hydrogen-bond acceptors (Lipinski definition) is 1. The van der Waals surface area contributed by atoms with Crippen LogP contribution in [-0.4, -0.2) is 6.04 Å². The van der Waals surface area contributed by atoms with E-state index >= 15 is 0 Å². The number of aryl methyl sites for hydroxylation is 1. The minimum absolute atomic E-state index is 0.508. The van der Waals surface area contributed by atoms with Crippen LogP contribution in [0.2, 0.25) is 0 Å². The van der Waals surface area contributed by atoms with Crippen LogP contribution in [0.4, 0.5) is 0 Å². The van der Waals surface area contributed by atoms with Gasteiger partial charge in [-0.3, -0.25) is 0 Å². The SMILES string of the molecule is N[C@@H]1C[C@H]1CCc1ccccc1. The van der Waals surface area contributed by atoms with Crippen LogP contribution >= 0.6 is 0 Å². The van der Waals surface area contributed by atoms with E-state index in [1.807, 2.05) is 0 Å². The predicted octanol–water partition coefficient (Wildman–Crippen LogP) is 1.97. The van der Waals surface area contributed by atoms with Gasteiger partial charge < -0.3 is 5.73 Å². The minimum Gasteiger partial charge on any atom is -0.327 e. The van der Waals surface area contributed by atoms with E-state index in [0.717, 1.165) is 5.92 Å². The fourth-order valence-corrected chi connectivity index (χ4v) is 1.60. The lowest BCUT2D eigenvalue weighted by Crippen LogP contribution is -2.02. The molecule has 0 amide bonds. The van der Waals surface area contributed by atoms with E-state index in [-0.39, 0.29) is 0 Å². The van der Waals surface area contributed by atoms with Crippen LogP contribution in [0.1, 0.15) is 18.4 Å². The van der Waals surface area contributed by atoms with Crippen LogP contribution in [0.25, 0.3) is 0 Å². The Balaban J connectivity index is 1.80. The summed E-state index contributed by atoms with van der Waals surface area (Å²) in [6, 6.07) is 11.1. The Labute approximate surface area is 73.6 Å². The molecule has 12 heavy (non-hydrogen) atoms. The molecule has 0 aliphatic heterocycles. The largest absolute Gasteiger partial charge is 0.327 e. The maximum atomic E-state index is 5.73. The average Bonchev–Trinajstić information content (AvgIpc) is 2.81. The Bertz CT molecular complexity index is 242. The van der Waals surface area contributed by atoms with E-state index in [0.29, 0.717) is 6.04 Å². The molecule has 0 bridgehead atoms. The monoisotopic (exact) mass is 161 g/mol. The van der Waals surface area contributed by atoms with Crippen LogP contribution in [0.15, 0.2) is 30.3 Å². The zero-order valence-corrected chi connectivity index (χ0v) is 7.24. The van der Waals surface area contributed by atoms with Gasteiger partial charge in [0.25, 0.3) is 0 Å². The molecule has 1 aromatic rings. The third-order valence-corrected chi connectivity index (χ3v) is 2.62. The topological polar surface area (TPSA) is 26.0 Å². The number of hydrogen-bond donors (Lipinski definition) is 1. The van der Waals surface area contributed by atoms with E-state index in [9.17, 15) is 0 Å². The molecule has 1 aliphatic carbocycles. The molecule has 0 heterocycles. The van der Waals surface area contributed by atoms with Gasteiger partial charge in [-0.15, -0.1) is 0 Å². The van der Waals surface area contributed by atoms with Crippen LogP contribution < -0.4 is 5.73 Å². The van der Waals surface area contributed by atoms with Crippen LogP contribution in [-0.2, 0) is 6.42 Å². The van der Waals surface area contributed by atoms with Crippen molar-refractivity contribution in [2.45, 2.75) is 25.3 Å². The first-order chi connectivity index (χ1) is 5.86. The number of nitrogens with two attached hydrogens (primary N) is 1. The molecule has 0 aromatic heterocycles. The highest BCUT2D eigenvalue weighted by atomic mass is 14.7. The first kappa shape index (κ1) is 7.81. The van der Waals surface area contributed by atoms with Gasteiger partial charge in [0.15, 0.2) is 0 Å². The molecule has 0 radical (unpaired) electrons. The Hall–Kier alpha value is -0.820. The summed E-state index contributed by atoms with van der Waals surface area (Å²) in [5, 5.41) is 0. The minimum atomic E-state index is 0.508. The van der Waals surface area contributed by atoms with Gasteiger partial charge in [-0.1, -0.05) is 30.3 Å². The number of benzene rings is 1. The van der Waals surface area contributed by atoms with E-state index < -0.39 is 0 Å². The quantitative estimate of drug-likeness (QED) is 0.720. The molecule has 64 valence electrons. The fraction of sp³-hybridized carbons (Fsp3) is 0.455. The maximum Gasteiger partial charge on any atom is 0.00710 e. The standard InChI is InChI=1S/C11H15N/c12-11-8-10(11)7-6-9-4-2-1-3-5-9/h1-5,10-11H,6-8,12H2/t10-,11-/m1/s1. The van der Waals surface area contributed by atoms with Gasteiger partial charge >= 0.3 is 0 Å².